The summed E-state index contributed by atoms with van der Waals surface area (Å²) in [6.45, 7) is 6.81. The van der Waals surface area contributed by atoms with E-state index in [4.69, 9.17) is 0 Å². The summed E-state index contributed by atoms with van der Waals surface area (Å²) in [5.41, 5.74) is 0.935. The molecule has 1 amide bonds. The van der Waals surface area contributed by atoms with Gasteiger partial charge in [0.25, 0.3) is 0 Å². The van der Waals surface area contributed by atoms with Crippen LogP contribution in [0.1, 0.15) is 24.5 Å². The van der Waals surface area contributed by atoms with E-state index in [0.29, 0.717) is 6.42 Å². The second kappa shape index (κ2) is 6.77. The van der Waals surface area contributed by atoms with Crippen molar-refractivity contribution in [1.82, 2.24) is 4.90 Å². The number of hydrogen-bond acceptors (Lipinski definition) is 2. The number of carbonyl (C=O) groups excluding carboxylic acids is 1. The number of aliphatic hydroxyl groups is 1. The van der Waals surface area contributed by atoms with Gasteiger partial charge in [-0.1, -0.05) is 68.2 Å². The van der Waals surface area contributed by atoms with Crippen LogP contribution in [0, 0.1) is 0 Å². The van der Waals surface area contributed by atoms with Crippen LogP contribution in [0.2, 0.25) is 19.6 Å². The van der Waals surface area contributed by atoms with Crippen molar-refractivity contribution in [3.63, 3.8) is 0 Å². The number of nitrogens with zero attached hydrogens (tertiary/aromatic N) is 1. The molecule has 4 rings (SSSR count). The Bertz CT molecular complexity index is 1010. The number of rotatable bonds is 4. The predicted molar refractivity (Wildman–Crippen MR) is 114 cm³/mol. The van der Waals surface area contributed by atoms with E-state index in [2.05, 4.69) is 56.0 Å². The molecule has 4 heteroatoms. The van der Waals surface area contributed by atoms with Crippen molar-refractivity contribution < 1.29 is 9.90 Å². The van der Waals surface area contributed by atoms with Gasteiger partial charge in [0.2, 0.25) is 5.91 Å². The van der Waals surface area contributed by atoms with Crippen LogP contribution in [0.3, 0.4) is 0 Å². The number of carbonyl (C=O) groups is 1. The number of benzene rings is 3. The number of hydrogen-bond donors (Lipinski definition) is 1. The van der Waals surface area contributed by atoms with Crippen molar-refractivity contribution in [3.8, 4) is 0 Å². The van der Waals surface area contributed by atoms with Crippen LogP contribution in [-0.4, -0.2) is 36.2 Å². The molecule has 2 atom stereocenters. The minimum absolute atomic E-state index is 0.131. The van der Waals surface area contributed by atoms with Crippen LogP contribution in [-0.2, 0) is 4.79 Å². The molecular formula is C23H27NO2Si. The third-order valence-electron chi connectivity index (χ3n) is 5.50. The molecule has 0 bridgehead atoms. The summed E-state index contributed by atoms with van der Waals surface area (Å²) >= 11 is 0. The summed E-state index contributed by atoms with van der Waals surface area (Å²) in [5.74, 6) is 0.187. The Hall–Kier alpha value is -2.17. The Morgan fingerprint density at radius 1 is 1.04 bits per heavy atom. The number of likely N-dealkylation sites (tertiary alicyclic amines) is 1. The summed E-state index contributed by atoms with van der Waals surface area (Å²) in [6.07, 6.45) is 1.41. The van der Waals surface area contributed by atoms with E-state index in [9.17, 15) is 9.90 Å². The fourth-order valence-electron chi connectivity index (χ4n) is 4.34. The van der Waals surface area contributed by atoms with Crippen molar-refractivity contribution in [1.29, 1.82) is 0 Å². The zero-order chi connectivity index (χ0) is 19.2. The number of fused-ring (bicyclic) bond motifs is 3. The number of aliphatic hydroxyl groups excluding tert-OH is 1. The van der Waals surface area contributed by atoms with E-state index < -0.39 is 14.2 Å². The maximum Gasteiger partial charge on any atom is 0.222 e. The average molecular weight is 378 g/mol. The van der Waals surface area contributed by atoms with Gasteiger partial charge < -0.3 is 10.0 Å². The van der Waals surface area contributed by atoms with E-state index in [1.807, 2.05) is 23.1 Å². The molecule has 0 radical (unpaired) electrons. The largest absolute Gasteiger partial charge is 0.386 e. The van der Waals surface area contributed by atoms with E-state index >= 15 is 0 Å². The van der Waals surface area contributed by atoms with Gasteiger partial charge in [0.1, 0.15) is 0 Å². The molecule has 0 spiro atoms. The first-order chi connectivity index (χ1) is 12.8. The zero-order valence-corrected chi connectivity index (χ0v) is 17.3. The molecule has 1 aliphatic heterocycles. The molecule has 3 aromatic rings. The van der Waals surface area contributed by atoms with Crippen LogP contribution in [0.25, 0.3) is 21.5 Å². The molecule has 3 nitrogen and oxygen atoms in total. The topological polar surface area (TPSA) is 40.5 Å². The van der Waals surface area contributed by atoms with E-state index in [1.165, 1.54) is 5.39 Å². The first-order valence-corrected chi connectivity index (χ1v) is 13.4. The van der Waals surface area contributed by atoms with Gasteiger partial charge in [-0.25, -0.2) is 0 Å². The first-order valence-electron chi connectivity index (χ1n) is 9.73. The first kappa shape index (κ1) is 18.2. The smallest absolute Gasteiger partial charge is 0.222 e. The lowest BCUT2D eigenvalue weighted by molar-refractivity contribution is -0.129. The molecule has 140 valence electrons. The van der Waals surface area contributed by atoms with Gasteiger partial charge in [-0.2, -0.15) is 0 Å². The fraction of sp³-hybridized carbons (Fsp3) is 0.348. The molecule has 1 fully saturated rings. The van der Waals surface area contributed by atoms with E-state index in [0.717, 1.165) is 34.3 Å². The lowest BCUT2D eigenvalue weighted by Gasteiger charge is -2.33. The predicted octanol–water partition coefficient (Wildman–Crippen LogP) is 4.89. The summed E-state index contributed by atoms with van der Waals surface area (Å²) in [6, 6.07) is 18.6. The monoisotopic (exact) mass is 377 g/mol. The van der Waals surface area contributed by atoms with Crippen LogP contribution < -0.4 is 0 Å². The van der Waals surface area contributed by atoms with Gasteiger partial charge in [0.15, 0.2) is 0 Å². The molecule has 1 aliphatic rings. The van der Waals surface area contributed by atoms with Crippen molar-refractivity contribution >= 4 is 35.5 Å². The van der Waals surface area contributed by atoms with Crippen molar-refractivity contribution in [2.45, 2.75) is 44.6 Å². The second-order valence-corrected chi connectivity index (χ2v) is 14.3. The molecule has 1 heterocycles. The Morgan fingerprint density at radius 2 is 1.67 bits per heavy atom. The maximum atomic E-state index is 12.5. The van der Waals surface area contributed by atoms with Crippen LogP contribution in [0.5, 0.6) is 0 Å². The summed E-state index contributed by atoms with van der Waals surface area (Å²) < 4.78 is 0. The fourth-order valence-corrected chi connectivity index (χ4v) is 5.77. The van der Waals surface area contributed by atoms with Crippen LogP contribution in [0.4, 0.5) is 0 Å². The van der Waals surface area contributed by atoms with Gasteiger partial charge in [0.05, 0.1) is 20.2 Å². The van der Waals surface area contributed by atoms with Crippen molar-refractivity contribution in [3.05, 3.63) is 60.2 Å². The lowest BCUT2D eigenvalue weighted by atomic mass is 9.91. The second-order valence-electron chi connectivity index (χ2n) is 8.87. The minimum atomic E-state index is -1.46. The lowest BCUT2D eigenvalue weighted by Crippen LogP contribution is -2.46. The van der Waals surface area contributed by atoms with E-state index in [-0.39, 0.29) is 11.9 Å². The zero-order valence-electron chi connectivity index (χ0n) is 16.3. The molecule has 27 heavy (non-hydrogen) atoms. The summed E-state index contributed by atoms with van der Waals surface area (Å²) in [5, 5.41) is 16.0. The molecular weight excluding hydrogens is 350 g/mol. The third kappa shape index (κ3) is 3.39. The SMILES string of the molecule is C[Si](C)(C)CN1C(=O)CC[C@H]1[C@@H](O)c1cc2ccccc2c2ccccc12. The average Bonchev–Trinajstić information content (AvgIpc) is 2.99. The Labute approximate surface area is 161 Å². The molecule has 0 unspecified atom stereocenters. The molecule has 0 aromatic heterocycles. The van der Waals surface area contributed by atoms with Crippen molar-refractivity contribution in [2.24, 2.45) is 0 Å². The highest BCUT2D eigenvalue weighted by Gasteiger charge is 2.39. The molecule has 1 saturated heterocycles. The van der Waals surface area contributed by atoms with Crippen molar-refractivity contribution in [2.75, 3.05) is 6.17 Å². The Morgan fingerprint density at radius 3 is 2.37 bits per heavy atom. The van der Waals surface area contributed by atoms with Crippen LogP contribution in [0.15, 0.2) is 54.6 Å². The van der Waals surface area contributed by atoms with Gasteiger partial charge in [0, 0.05) is 12.6 Å². The Balaban J connectivity index is 1.82. The van der Waals surface area contributed by atoms with Gasteiger partial charge in [-0.05, 0) is 39.6 Å². The summed E-state index contributed by atoms with van der Waals surface area (Å²) in [7, 11) is -1.46. The highest BCUT2D eigenvalue weighted by molar-refractivity contribution is 6.76. The normalized spacial score (nSPS) is 19.2. The molecule has 0 saturated carbocycles. The minimum Gasteiger partial charge on any atom is -0.386 e. The highest BCUT2D eigenvalue weighted by atomic mass is 28.3. The molecule has 3 aromatic carbocycles. The van der Waals surface area contributed by atoms with E-state index in [1.54, 1.807) is 0 Å². The number of amides is 1. The highest BCUT2D eigenvalue weighted by Crippen LogP contribution is 2.37. The Kier molecular flexibility index (Phi) is 4.56. The molecule has 0 aliphatic carbocycles. The molecule has 1 N–H and O–H groups in total. The summed E-state index contributed by atoms with van der Waals surface area (Å²) in [4.78, 5) is 14.5. The quantitative estimate of drug-likeness (QED) is 0.519. The standard InChI is InChI=1S/C23H27NO2Si/c1-27(2,3)15-24-21(12-13-22(24)25)23(26)20-14-16-8-4-5-9-17(16)18-10-6-7-11-19(18)20/h4-11,14,21,23,26H,12-13,15H2,1-3H3/t21-,23-/m0/s1. The van der Waals surface area contributed by atoms with Crippen LogP contribution >= 0.6 is 0 Å². The third-order valence-corrected chi connectivity index (χ3v) is 6.79. The maximum absolute atomic E-state index is 12.5. The van der Waals surface area contributed by atoms with Gasteiger partial charge in [-0.3, -0.25) is 4.79 Å². The van der Waals surface area contributed by atoms with Gasteiger partial charge in [-0.15, -0.1) is 0 Å². The van der Waals surface area contributed by atoms with Gasteiger partial charge >= 0.3 is 0 Å².